The molecule has 0 aromatic heterocycles. The lowest BCUT2D eigenvalue weighted by Crippen LogP contribution is -2.28. The van der Waals surface area contributed by atoms with Crippen LogP contribution >= 0.6 is 15.9 Å². The van der Waals surface area contributed by atoms with Crippen LogP contribution in [0, 0.1) is 11.3 Å². The second-order valence-corrected chi connectivity index (χ2v) is 3.90. The molecule has 1 amide bonds. The molecule has 1 aromatic carbocycles. The first-order valence-corrected chi connectivity index (χ1v) is 5.62. The number of carbonyl (C=O) groups is 1. The second kappa shape index (κ2) is 5.52. The molecule has 3 nitrogen and oxygen atoms in total. The minimum Gasteiger partial charge on any atom is -0.341 e. The van der Waals surface area contributed by atoms with Gasteiger partial charge in [0.2, 0.25) is 0 Å². The van der Waals surface area contributed by atoms with Gasteiger partial charge in [-0.1, -0.05) is 15.9 Å². The minimum absolute atomic E-state index is 0.0288. The van der Waals surface area contributed by atoms with Gasteiger partial charge in [-0.2, -0.15) is 5.26 Å². The molecule has 0 heterocycles. The van der Waals surface area contributed by atoms with Crippen LogP contribution in [0.5, 0.6) is 0 Å². The van der Waals surface area contributed by atoms with Gasteiger partial charge < -0.3 is 4.90 Å². The Labute approximate surface area is 97.4 Å². The number of hydrogen-bond donors (Lipinski definition) is 0. The number of amides is 1. The Kier molecular flexibility index (Phi) is 4.32. The van der Waals surface area contributed by atoms with E-state index in [1.807, 2.05) is 6.07 Å². The van der Waals surface area contributed by atoms with Crippen LogP contribution in [0.15, 0.2) is 24.3 Å². The first-order chi connectivity index (χ1) is 7.19. The smallest absolute Gasteiger partial charge is 0.253 e. The standard InChI is InChI=1S/C11H11BrN2O/c1-14(7-6-12)11(15)10-4-2-9(8-13)3-5-10/h2-5H,6-7H2,1H3. The van der Waals surface area contributed by atoms with Crippen LogP contribution in [0.4, 0.5) is 0 Å². The van der Waals surface area contributed by atoms with Crippen molar-refractivity contribution in [1.82, 2.24) is 4.90 Å². The summed E-state index contributed by atoms with van der Waals surface area (Å²) in [5.74, 6) is -0.0288. The lowest BCUT2D eigenvalue weighted by Gasteiger charge is -2.15. The van der Waals surface area contributed by atoms with Gasteiger partial charge in [-0.15, -0.1) is 0 Å². The summed E-state index contributed by atoms with van der Waals surface area (Å²) in [4.78, 5) is 13.4. The van der Waals surface area contributed by atoms with Gasteiger partial charge in [-0.05, 0) is 24.3 Å². The molecule has 0 spiro atoms. The van der Waals surface area contributed by atoms with Crippen LogP contribution in [-0.2, 0) is 0 Å². The Hall–Kier alpha value is -1.34. The number of carbonyl (C=O) groups excluding carboxylic acids is 1. The maximum atomic E-state index is 11.8. The third-order valence-electron chi connectivity index (χ3n) is 2.03. The summed E-state index contributed by atoms with van der Waals surface area (Å²) < 4.78 is 0. The number of hydrogen-bond acceptors (Lipinski definition) is 2. The van der Waals surface area contributed by atoms with Gasteiger partial charge in [0.05, 0.1) is 11.6 Å². The molecule has 1 aromatic rings. The molecule has 0 atom stereocenters. The Morgan fingerprint density at radius 1 is 1.47 bits per heavy atom. The highest BCUT2D eigenvalue weighted by Crippen LogP contribution is 2.06. The van der Waals surface area contributed by atoms with Crippen LogP contribution in [0.2, 0.25) is 0 Å². The zero-order valence-electron chi connectivity index (χ0n) is 8.40. The van der Waals surface area contributed by atoms with Crippen molar-refractivity contribution in [2.45, 2.75) is 0 Å². The van der Waals surface area contributed by atoms with Gasteiger partial charge in [0.1, 0.15) is 0 Å². The fourth-order valence-electron chi connectivity index (χ4n) is 1.14. The zero-order valence-corrected chi connectivity index (χ0v) is 9.99. The molecule has 0 aliphatic rings. The third kappa shape index (κ3) is 3.07. The number of rotatable bonds is 3. The second-order valence-electron chi connectivity index (χ2n) is 3.10. The van der Waals surface area contributed by atoms with Crippen molar-refractivity contribution in [1.29, 1.82) is 5.26 Å². The molecular formula is C11H11BrN2O. The molecule has 0 N–H and O–H groups in total. The average molecular weight is 267 g/mol. The van der Waals surface area contributed by atoms with E-state index in [4.69, 9.17) is 5.26 Å². The third-order valence-corrected chi connectivity index (χ3v) is 2.38. The fraction of sp³-hybridized carbons (Fsp3) is 0.273. The molecule has 0 aliphatic carbocycles. The molecule has 0 fully saturated rings. The van der Waals surface area contributed by atoms with Gasteiger partial charge in [0.15, 0.2) is 0 Å². The van der Waals surface area contributed by atoms with E-state index in [-0.39, 0.29) is 5.91 Å². The highest BCUT2D eigenvalue weighted by molar-refractivity contribution is 9.09. The quantitative estimate of drug-likeness (QED) is 0.786. The number of alkyl halides is 1. The van der Waals surface area contributed by atoms with Gasteiger partial charge in [-0.25, -0.2) is 0 Å². The number of benzene rings is 1. The minimum atomic E-state index is -0.0288. The Morgan fingerprint density at radius 2 is 2.07 bits per heavy atom. The topological polar surface area (TPSA) is 44.1 Å². The van der Waals surface area contributed by atoms with Gasteiger partial charge in [0, 0.05) is 24.5 Å². The molecule has 78 valence electrons. The lowest BCUT2D eigenvalue weighted by atomic mass is 10.1. The number of nitriles is 1. The monoisotopic (exact) mass is 266 g/mol. The SMILES string of the molecule is CN(CCBr)C(=O)c1ccc(C#N)cc1. The van der Waals surface area contributed by atoms with Crippen molar-refractivity contribution in [3.63, 3.8) is 0 Å². The van der Waals surface area contributed by atoms with E-state index in [0.29, 0.717) is 17.7 Å². The average Bonchev–Trinajstić information content (AvgIpc) is 2.28. The van der Waals surface area contributed by atoms with E-state index in [1.54, 1.807) is 36.2 Å². The Morgan fingerprint density at radius 3 is 2.53 bits per heavy atom. The van der Waals surface area contributed by atoms with Gasteiger partial charge >= 0.3 is 0 Å². The van der Waals surface area contributed by atoms with Gasteiger partial charge in [-0.3, -0.25) is 4.79 Å². The van der Waals surface area contributed by atoms with Gasteiger partial charge in [0.25, 0.3) is 5.91 Å². The van der Waals surface area contributed by atoms with Crippen molar-refractivity contribution in [2.75, 3.05) is 18.9 Å². The first kappa shape index (κ1) is 11.7. The van der Waals surface area contributed by atoms with Crippen molar-refractivity contribution < 1.29 is 4.79 Å². The normalized spacial score (nSPS) is 9.40. The molecule has 1 rings (SSSR count). The first-order valence-electron chi connectivity index (χ1n) is 4.50. The Bertz CT molecular complexity index is 381. The van der Waals surface area contributed by atoms with Crippen LogP contribution in [0.1, 0.15) is 15.9 Å². The van der Waals surface area contributed by atoms with Crippen LogP contribution < -0.4 is 0 Å². The maximum absolute atomic E-state index is 11.8. The molecule has 4 heteroatoms. The van der Waals surface area contributed by atoms with Crippen LogP contribution in [-0.4, -0.2) is 29.7 Å². The molecule has 0 bridgehead atoms. The van der Waals surface area contributed by atoms with Crippen LogP contribution in [0.3, 0.4) is 0 Å². The summed E-state index contributed by atoms with van der Waals surface area (Å²) in [6.45, 7) is 0.666. The molecule has 15 heavy (non-hydrogen) atoms. The Balaban J connectivity index is 2.79. The molecule has 0 aliphatic heterocycles. The fourth-order valence-corrected chi connectivity index (χ4v) is 1.67. The highest BCUT2D eigenvalue weighted by Gasteiger charge is 2.10. The lowest BCUT2D eigenvalue weighted by molar-refractivity contribution is 0.0804. The van der Waals surface area contributed by atoms with E-state index in [2.05, 4.69) is 15.9 Å². The van der Waals surface area contributed by atoms with Crippen molar-refractivity contribution in [2.24, 2.45) is 0 Å². The molecule has 0 saturated heterocycles. The maximum Gasteiger partial charge on any atom is 0.253 e. The van der Waals surface area contributed by atoms with E-state index >= 15 is 0 Å². The summed E-state index contributed by atoms with van der Waals surface area (Å²) in [5, 5.41) is 9.36. The van der Waals surface area contributed by atoms with Crippen molar-refractivity contribution in [3.05, 3.63) is 35.4 Å². The molecular weight excluding hydrogens is 256 g/mol. The van der Waals surface area contributed by atoms with E-state index < -0.39 is 0 Å². The predicted molar refractivity (Wildman–Crippen MR) is 61.9 cm³/mol. The predicted octanol–water partition coefficient (Wildman–Crippen LogP) is 2.03. The van der Waals surface area contributed by atoms with E-state index in [0.717, 1.165) is 5.33 Å². The van der Waals surface area contributed by atoms with Crippen LogP contribution in [0.25, 0.3) is 0 Å². The molecule has 0 saturated carbocycles. The summed E-state index contributed by atoms with van der Waals surface area (Å²) in [6.07, 6.45) is 0. The molecule has 0 unspecified atom stereocenters. The molecule has 0 radical (unpaired) electrons. The zero-order chi connectivity index (χ0) is 11.3. The number of nitrogens with zero attached hydrogens (tertiary/aromatic N) is 2. The number of halogens is 1. The van der Waals surface area contributed by atoms with E-state index in [1.165, 1.54) is 0 Å². The van der Waals surface area contributed by atoms with Crippen molar-refractivity contribution >= 4 is 21.8 Å². The highest BCUT2D eigenvalue weighted by atomic mass is 79.9. The largest absolute Gasteiger partial charge is 0.341 e. The summed E-state index contributed by atoms with van der Waals surface area (Å²) in [6, 6.07) is 8.66. The summed E-state index contributed by atoms with van der Waals surface area (Å²) in [5.41, 5.74) is 1.17. The van der Waals surface area contributed by atoms with Crippen molar-refractivity contribution in [3.8, 4) is 6.07 Å². The summed E-state index contributed by atoms with van der Waals surface area (Å²) >= 11 is 3.28. The van der Waals surface area contributed by atoms with E-state index in [9.17, 15) is 4.79 Å². The summed E-state index contributed by atoms with van der Waals surface area (Å²) in [7, 11) is 1.75.